The van der Waals surface area contributed by atoms with E-state index in [9.17, 15) is 0 Å². The van der Waals surface area contributed by atoms with Crippen LogP contribution in [-0.4, -0.2) is 12.4 Å². The van der Waals surface area contributed by atoms with Crippen molar-refractivity contribution in [2.24, 2.45) is 0 Å². The van der Waals surface area contributed by atoms with E-state index in [1.807, 2.05) is 36.0 Å². The van der Waals surface area contributed by atoms with E-state index in [0.29, 0.717) is 6.61 Å². The maximum atomic E-state index is 5.62. The number of hydrogen-bond donors (Lipinski definition) is 0. The van der Waals surface area contributed by atoms with Crippen molar-refractivity contribution in [1.82, 2.24) is 0 Å². The lowest BCUT2D eigenvalue weighted by Crippen LogP contribution is -1.97. The number of thioether (sulfide) groups is 1. The Balaban J connectivity index is 1.61. The Bertz CT molecular complexity index is 372. The molecule has 0 N–H and O–H groups in total. The third-order valence-corrected chi connectivity index (χ3v) is 3.33. The van der Waals surface area contributed by atoms with Gasteiger partial charge in [0.25, 0.3) is 0 Å². The van der Waals surface area contributed by atoms with Crippen LogP contribution in [0.2, 0.25) is 0 Å². The first-order valence-corrected chi connectivity index (χ1v) is 6.73. The van der Waals surface area contributed by atoms with Crippen molar-refractivity contribution < 1.29 is 4.74 Å². The van der Waals surface area contributed by atoms with Gasteiger partial charge in [0, 0.05) is 10.6 Å². The second-order valence-corrected chi connectivity index (χ2v) is 4.87. The first-order chi connectivity index (χ1) is 8.45. The molecule has 0 saturated carbocycles. The molecule has 0 spiro atoms. The molecule has 0 atom stereocenters. The third kappa shape index (κ3) is 4.63. The van der Waals surface area contributed by atoms with Gasteiger partial charge >= 0.3 is 0 Å². The summed E-state index contributed by atoms with van der Waals surface area (Å²) in [4.78, 5) is 1.30. The van der Waals surface area contributed by atoms with E-state index in [4.69, 9.17) is 4.74 Å². The molecule has 0 radical (unpaired) electrons. The smallest absolute Gasteiger partial charge is 0.0717 e. The molecule has 0 fully saturated rings. The third-order valence-electron chi connectivity index (χ3n) is 2.35. The molecule has 17 heavy (non-hydrogen) atoms. The second kappa shape index (κ2) is 7.15. The van der Waals surface area contributed by atoms with Crippen LogP contribution >= 0.6 is 11.8 Å². The van der Waals surface area contributed by atoms with Crippen molar-refractivity contribution in [2.45, 2.75) is 11.5 Å². The van der Waals surface area contributed by atoms with E-state index in [2.05, 4.69) is 36.4 Å². The Morgan fingerprint density at radius 2 is 1.47 bits per heavy atom. The maximum Gasteiger partial charge on any atom is 0.0717 e. The average molecular weight is 244 g/mol. The monoisotopic (exact) mass is 244 g/mol. The van der Waals surface area contributed by atoms with Gasteiger partial charge < -0.3 is 4.74 Å². The molecule has 0 saturated heterocycles. The zero-order valence-electron chi connectivity index (χ0n) is 9.71. The van der Waals surface area contributed by atoms with Gasteiger partial charge in [-0.25, -0.2) is 0 Å². The van der Waals surface area contributed by atoms with E-state index >= 15 is 0 Å². The van der Waals surface area contributed by atoms with Gasteiger partial charge in [-0.1, -0.05) is 48.5 Å². The van der Waals surface area contributed by atoms with Gasteiger partial charge in [0.1, 0.15) is 0 Å². The molecular weight excluding hydrogens is 228 g/mol. The summed E-state index contributed by atoms with van der Waals surface area (Å²) in [6.45, 7) is 1.49. The van der Waals surface area contributed by atoms with E-state index in [0.717, 1.165) is 12.4 Å². The molecule has 2 rings (SSSR count). The number of benzene rings is 2. The van der Waals surface area contributed by atoms with Crippen molar-refractivity contribution >= 4 is 11.8 Å². The highest BCUT2D eigenvalue weighted by atomic mass is 32.2. The summed E-state index contributed by atoms with van der Waals surface area (Å²) < 4.78 is 5.62. The van der Waals surface area contributed by atoms with E-state index in [1.165, 1.54) is 10.5 Å². The summed E-state index contributed by atoms with van der Waals surface area (Å²) >= 11 is 1.83. The van der Waals surface area contributed by atoms with E-state index in [1.54, 1.807) is 0 Å². The van der Waals surface area contributed by atoms with E-state index < -0.39 is 0 Å². The molecule has 2 aromatic carbocycles. The van der Waals surface area contributed by atoms with Crippen LogP contribution in [0.25, 0.3) is 0 Å². The second-order valence-electron chi connectivity index (χ2n) is 3.70. The fraction of sp³-hybridized carbons (Fsp3) is 0.200. The summed E-state index contributed by atoms with van der Waals surface area (Å²) in [7, 11) is 0. The largest absolute Gasteiger partial charge is 0.376 e. The lowest BCUT2D eigenvalue weighted by molar-refractivity contribution is 0.136. The fourth-order valence-electron chi connectivity index (χ4n) is 1.50. The Kier molecular flexibility index (Phi) is 5.14. The summed E-state index contributed by atoms with van der Waals surface area (Å²) in [5, 5.41) is 0. The molecule has 2 heteroatoms. The Morgan fingerprint density at radius 1 is 0.824 bits per heavy atom. The standard InChI is InChI=1S/C15H16OS/c1-3-7-14(8-4-1)13-16-11-12-17-15-9-5-2-6-10-15/h1-10H,11-13H2. The summed E-state index contributed by atoms with van der Waals surface area (Å²) in [6, 6.07) is 20.7. The molecule has 0 aliphatic rings. The van der Waals surface area contributed by atoms with Crippen LogP contribution < -0.4 is 0 Å². The molecular formula is C15H16OS. The Morgan fingerprint density at radius 3 is 2.18 bits per heavy atom. The highest BCUT2D eigenvalue weighted by Crippen LogP contribution is 2.16. The maximum absolute atomic E-state index is 5.62. The van der Waals surface area contributed by atoms with Crippen molar-refractivity contribution in [3.63, 3.8) is 0 Å². The fourth-order valence-corrected chi connectivity index (χ4v) is 2.29. The van der Waals surface area contributed by atoms with Crippen molar-refractivity contribution in [2.75, 3.05) is 12.4 Å². The lowest BCUT2D eigenvalue weighted by Gasteiger charge is -2.04. The van der Waals surface area contributed by atoms with Crippen LogP contribution in [0.4, 0.5) is 0 Å². The minimum atomic E-state index is 0.705. The molecule has 0 unspecified atom stereocenters. The van der Waals surface area contributed by atoms with Gasteiger partial charge in [-0.3, -0.25) is 0 Å². The molecule has 0 aliphatic heterocycles. The summed E-state index contributed by atoms with van der Waals surface area (Å²) in [5.41, 5.74) is 1.23. The highest BCUT2D eigenvalue weighted by Gasteiger charge is 1.94. The zero-order valence-corrected chi connectivity index (χ0v) is 10.5. The molecule has 2 aromatic rings. The van der Waals surface area contributed by atoms with Crippen molar-refractivity contribution in [1.29, 1.82) is 0 Å². The van der Waals surface area contributed by atoms with Crippen LogP contribution in [0.15, 0.2) is 65.6 Å². The van der Waals surface area contributed by atoms with Crippen LogP contribution in [-0.2, 0) is 11.3 Å². The summed E-state index contributed by atoms with van der Waals surface area (Å²) in [5.74, 6) is 0.997. The SMILES string of the molecule is c1ccc(COCCSc2ccccc2)cc1. The van der Waals surface area contributed by atoms with Crippen molar-refractivity contribution in [3.8, 4) is 0 Å². The molecule has 0 aromatic heterocycles. The molecule has 88 valence electrons. The zero-order chi connectivity index (χ0) is 11.8. The Labute approximate surface area is 107 Å². The molecule has 0 bridgehead atoms. The first-order valence-electron chi connectivity index (χ1n) is 5.75. The first kappa shape index (κ1) is 12.2. The topological polar surface area (TPSA) is 9.23 Å². The van der Waals surface area contributed by atoms with Crippen LogP contribution in [0, 0.1) is 0 Å². The van der Waals surface area contributed by atoms with Gasteiger partial charge in [-0.05, 0) is 17.7 Å². The minimum Gasteiger partial charge on any atom is -0.376 e. The predicted molar refractivity (Wildman–Crippen MR) is 73.3 cm³/mol. The molecule has 0 heterocycles. The summed E-state index contributed by atoms with van der Waals surface area (Å²) in [6.07, 6.45) is 0. The van der Waals surface area contributed by atoms with Crippen molar-refractivity contribution in [3.05, 3.63) is 66.2 Å². The average Bonchev–Trinajstić information content (AvgIpc) is 2.41. The minimum absolute atomic E-state index is 0.705. The van der Waals surface area contributed by atoms with Crippen LogP contribution in [0.1, 0.15) is 5.56 Å². The lowest BCUT2D eigenvalue weighted by atomic mass is 10.2. The molecule has 0 aliphatic carbocycles. The predicted octanol–water partition coefficient (Wildman–Crippen LogP) is 4.00. The van der Waals surface area contributed by atoms with Crippen LogP contribution in [0.3, 0.4) is 0 Å². The van der Waals surface area contributed by atoms with Gasteiger partial charge in [0.05, 0.1) is 13.2 Å². The molecule has 1 nitrogen and oxygen atoms in total. The van der Waals surface area contributed by atoms with Gasteiger partial charge in [0.15, 0.2) is 0 Å². The quantitative estimate of drug-likeness (QED) is 0.561. The Hall–Kier alpha value is -1.25. The normalized spacial score (nSPS) is 10.4. The van der Waals surface area contributed by atoms with E-state index in [-0.39, 0.29) is 0 Å². The number of hydrogen-bond acceptors (Lipinski definition) is 2. The number of ether oxygens (including phenoxy) is 1. The van der Waals surface area contributed by atoms with Crippen LogP contribution in [0.5, 0.6) is 0 Å². The van der Waals surface area contributed by atoms with Gasteiger partial charge in [-0.2, -0.15) is 0 Å². The molecule has 0 amide bonds. The number of rotatable bonds is 6. The highest BCUT2D eigenvalue weighted by molar-refractivity contribution is 7.99. The van der Waals surface area contributed by atoms with Gasteiger partial charge in [-0.15, -0.1) is 11.8 Å². The van der Waals surface area contributed by atoms with Gasteiger partial charge in [0.2, 0.25) is 0 Å².